The highest BCUT2D eigenvalue weighted by molar-refractivity contribution is 6.34. The van der Waals surface area contributed by atoms with E-state index in [9.17, 15) is 14.4 Å². The van der Waals surface area contributed by atoms with Crippen molar-refractivity contribution >= 4 is 35.2 Å². The zero-order valence-corrected chi connectivity index (χ0v) is 11.4. The highest BCUT2D eigenvalue weighted by Gasteiger charge is 2.11. The van der Waals surface area contributed by atoms with Crippen molar-refractivity contribution in [1.29, 1.82) is 0 Å². The van der Waals surface area contributed by atoms with Crippen molar-refractivity contribution in [2.75, 3.05) is 18.5 Å². The number of ether oxygens (including phenoxy) is 1. The molecule has 0 bridgehead atoms. The Balaban J connectivity index is 2.47. The number of carboxylic acid groups (broad SMARTS) is 1. The molecule has 0 saturated heterocycles. The SMILES string of the molecule is Cc1cccc(Cl)c1NC(=O)NC(=O)COCC(=O)O. The molecule has 3 N–H and O–H groups in total. The molecule has 1 rings (SSSR count). The lowest BCUT2D eigenvalue weighted by atomic mass is 10.2. The first-order chi connectivity index (χ1) is 9.40. The number of urea groups is 1. The van der Waals surface area contributed by atoms with Crippen LogP contribution in [0.15, 0.2) is 18.2 Å². The summed E-state index contributed by atoms with van der Waals surface area (Å²) < 4.78 is 4.54. The first-order valence-electron chi connectivity index (χ1n) is 5.55. The lowest BCUT2D eigenvalue weighted by Gasteiger charge is -2.10. The van der Waals surface area contributed by atoms with Crippen LogP contribution >= 0.6 is 11.6 Å². The summed E-state index contributed by atoms with van der Waals surface area (Å²) in [5.74, 6) is -1.96. The summed E-state index contributed by atoms with van der Waals surface area (Å²) in [6.07, 6.45) is 0. The van der Waals surface area contributed by atoms with Crippen LogP contribution in [-0.2, 0) is 14.3 Å². The summed E-state index contributed by atoms with van der Waals surface area (Å²) in [6.45, 7) is 0.610. The number of carboxylic acids is 1. The van der Waals surface area contributed by atoms with E-state index in [4.69, 9.17) is 16.7 Å². The molecule has 0 atom stereocenters. The number of imide groups is 1. The van der Waals surface area contributed by atoms with E-state index in [1.54, 1.807) is 25.1 Å². The Bertz CT molecular complexity index is 512. The van der Waals surface area contributed by atoms with Crippen molar-refractivity contribution < 1.29 is 24.2 Å². The van der Waals surface area contributed by atoms with Crippen molar-refractivity contribution in [2.45, 2.75) is 6.92 Å². The minimum Gasteiger partial charge on any atom is -0.480 e. The van der Waals surface area contributed by atoms with E-state index >= 15 is 0 Å². The summed E-state index contributed by atoms with van der Waals surface area (Å²) in [7, 11) is 0. The van der Waals surface area contributed by atoms with E-state index in [-0.39, 0.29) is 0 Å². The van der Waals surface area contributed by atoms with Crippen molar-refractivity contribution in [3.63, 3.8) is 0 Å². The van der Waals surface area contributed by atoms with E-state index in [0.717, 1.165) is 5.56 Å². The molecule has 0 fully saturated rings. The number of carbonyl (C=O) groups excluding carboxylic acids is 2. The summed E-state index contributed by atoms with van der Waals surface area (Å²) in [5, 5.41) is 13.1. The van der Waals surface area contributed by atoms with Crippen LogP contribution in [0.1, 0.15) is 5.56 Å². The van der Waals surface area contributed by atoms with Gasteiger partial charge in [0.05, 0.1) is 10.7 Å². The molecular formula is C12H13ClN2O5. The second-order valence-corrected chi connectivity index (χ2v) is 4.23. The van der Waals surface area contributed by atoms with Gasteiger partial charge in [-0.3, -0.25) is 10.1 Å². The van der Waals surface area contributed by atoms with Gasteiger partial charge in [-0.2, -0.15) is 0 Å². The van der Waals surface area contributed by atoms with Gasteiger partial charge in [-0.15, -0.1) is 0 Å². The molecule has 0 aliphatic rings. The molecule has 0 unspecified atom stereocenters. The number of aliphatic carboxylic acids is 1. The highest BCUT2D eigenvalue weighted by atomic mass is 35.5. The molecule has 0 radical (unpaired) electrons. The number of para-hydroxylation sites is 1. The Morgan fingerprint density at radius 1 is 1.30 bits per heavy atom. The van der Waals surface area contributed by atoms with Crippen molar-refractivity contribution in [3.05, 3.63) is 28.8 Å². The summed E-state index contributed by atoms with van der Waals surface area (Å²) in [5.41, 5.74) is 1.13. The highest BCUT2D eigenvalue weighted by Crippen LogP contribution is 2.24. The lowest BCUT2D eigenvalue weighted by Crippen LogP contribution is -2.37. The van der Waals surface area contributed by atoms with Gasteiger partial charge in [0.1, 0.15) is 13.2 Å². The zero-order valence-electron chi connectivity index (χ0n) is 10.6. The average Bonchev–Trinajstić information content (AvgIpc) is 2.33. The molecular weight excluding hydrogens is 288 g/mol. The third-order valence-electron chi connectivity index (χ3n) is 2.17. The summed E-state index contributed by atoms with van der Waals surface area (Å²) >= 11 is 5.91. The Labute approximate surface area is 119 Å². The van der Waals surface area contributed by atoms with Crippen LogP contribution in [0.3, 0.4) is 0 Å². The summed E-state index contributed by atoms with van der Waals surface area (Å²) in [4.78, 5) is 33.0. The van der Waals surface area contributed by atoms with Gasteiger partial charge in [-0.05, 0) is 18.6 Å². The van der Waals surface area contributed by atoms with E-state index < -0.39 is 31.1 Å². The number of carbonyl (C=O) groups is 3. The maximum absolute atomic E-state index is 11.6. The standard InChI is InChI=1S/C12H13ClN2O5/c1-7-3-2-4-8(13)11(7)15-12(19)14-9(16)5-20-6-10(17)18/h2-4H,5-6H2,1H3,(H,17,18)(H2,14,15,16,19). The van der Waals surface area contributed by atoms with Crippen molar-refractivity contribution in [3.8, 4) is 0 Å². The van der Waals surface area contributed by atoms with E-state index in [0.29, 0.717) is 10.7 Å². The molecule has 0 aromatic heterocycles. The number of benzene rings is 1. The van der Waals surface area contributed by atoms with Crippen molar-refractivity contribution in [1.82, 2.24) is 5.32 Å². The van der Waals surface area contributed by atoms with Gasteiger partial charge in [0, 0.05) is 0 Å². The third-order valence-corrected chi connectivity index (χ3v) is 2.49. The van der Waals surface area contributed by atoms with Crippen LogP contribution in [0.5, 0.6) is 0 Å². The van der Waals surface area contributed by atoms with Crippen LogP contribution in [0.25, 0.3) is 0 Å². The fourth-order valence-corrected chi connectivity index (χ4v) is 1.60. The quantitative estimate of drug-likeness (QED) is 0.762. The topological polar surface area (TPSA) is 105 Å². The molecule has 8 heteroatoms. The number of amides is 3. The number of hydrogen-bond acceptors (Lipinski definition) is 4. The zero-order chi connectivity index (χ0) is 15.1. The van der Waals surface area contributed by atoms with Gasteiger partial charge < -0.3 is 15.2 Å². The average molecular weight is 301 g/mol. The normalized spacial score (nSPS) is 9.90. The molecule has 1 aromatic carbocycles. The van der Waals surface area contributed by atoms with Crippen LogP contribution in [0.4, 0.5) is 10.5 Å². The Morgan fingerprint density at radius 2 is 2.00 bits per heavy atom. The third kappa shape index (κ3) is 5.25. The second-order valence-electron chi connectivity index (χ2n) is 3.82. The Morgan fingerprint density at radius 3 is 2.60 bits per heavy atom. The van der Waals surface area contributed by atoms with Gasteiger partial charge in [0.15, 0.2) is 0 Å². The fraction of sp³-hybridized carbons (Fsp3) is 0.250. The number of nitrogens with one attached hydrogen (secondary N) is 2. The van der Waals surface area contributed by atoms with E-state index in [2.05, 4.69) is 10.1 Å². The number of halogens is 1. The maximum Gasteiger partial charge on any atom is 0.329 e. The molecule has 1 aromatic rings. The molecule has 0 spiro atoms. The van der Waals surface area contributed by atoms with Crippen LogP contribution in [-0.4, -0.2) is 36.2 Å². The fourth-order valence-electron chi connectivity index (χ4n) is 1.33. The molecule has 0 aliphatic carbocycles. The molecule has 20 heavy (non-hydrogen) atoms. The molecule has 3 amide bonds. The Kier molecular flexibility index (Phi) is 5.95. The largest absolute Gasteiger partial charge is 0.480 e. The predicted molar refractivity (Wildman–Crippen MR) is 71.8 cm³/mol. The first kappa shape index (κ1) is 15.9. The van der Waals surface area contributed by atoms with Crippen LogP contribution < -0.4 is 10.6 Å². The smallest absolute Gasteiger partial charge is 0.329 e. The van der Waals surface area contributed by atoms with Gasteiger partial charge in [0.25, 0.3) is 5.91 Å². The first-order valence-corrected chi connectivity index (χ1v) is 5.93. The molecule has 7 nitrogen and oxygen atoms in total. The minimum atomic E-state index is -1.20. The van der Waals surface area contributed by atoms with Gasteiger partial charge in [-0.1, -0.05) is 23.7 Å². The number of rotatable bonds is 5. The summed E-state index contributed by atoms with van der Waals surface area (Å²) in [6, 6.07) is 4.30. The Hall–Kier alpha value is -2.12. The second kappa shape index (κ2) is 7.46. The van der Waals surface area contributed by atoms with E-state index in [1.165, 1.54) is 0 Å². The van der Waals surface area contributed by atoms with Crippen LogP contribution in [0.2, 0.25) is 5.02 Å². The molecule has 0 heterocycles. The minimum absolute atomic E-state index is 0.342. The van der Waals surface area contributed by atoms with Crippen LogP contribution in [0, 0.1) is 6.92 Å². The molecule has 0 aliphatic heterocycles. The van der Waals surface area contributed by atoms with Gasteiger partial charge in [-0.25, -0.2) is 9.59 Å². The number of aryl methyl sites for hydroxylation is 1. The van der Waals surface area contributed by atoms with Gasteiger partial charge >= 0.3 is 12.0 Å². The predicted octanol–water partition coefficient (Wildman–Crippen LogP) is 1.40. The lowest BCUT2D eigenvalue weighted by molar-refractivity contribution is -0.143. The van der Waals surface area contributed by atoms with Crippen molar-refractivity contribution in [2.24, 2.45) is 0 Å². The number of hydrogen-bond donors (Lipinski definition) is 3. The van der Waals surface area contributed by atoms with Gasteiger partial charge in [0.2, 0.25) is 0 Å². The number of anilines is 1. The monoisotopic (exact) mass is 300 g/mol. The molecule has 0 saturated carbocycles. The molecule has 108 valence electrons. The maximum atomic E-state index is 11.6. The van der Waals surface area contributed by atoms with E-state index in [1.807, 2.05) is 5.32 Å².